The number of hydrogen-bond donors (Lipinski definition) is 2. The van der Waals surface area contributed by atoms with Crippen LogP contribution in [0.15, 0.2) is 30.3 Å². The molecule has 126 valence electrons. The summed E-state index contributed by atoms with van der Waals surface area (Å²) in [6.45, 7) is 0.470. The first-order chi connectivity index (χ1) is 10.1. The van der Waals surface area contributed by atoms with Crippen LogP contribution in [0, 0.1) is 0 Å². The molecule has 0 spiro atoms. The van der Waals surface area contributed by atoms with Crippen LogP contribution >= 0.6 is 36.4 Å². The second kappa shape index (κ2) is 8.15. The lowest BCUT2D eigenvalue weighted by molar-refractivity contribution is 0.0898. The molecule has 0 bridgehead atoms. The highest BCUT2D eigenvalue weighted by Gasteiger charge is 2.34. The number of aromatic nitrogens is 1. The first-order valence-corrected chi connectivity index (χ1v) is 7.59. The molecule has 3 rings (SSSR count). The van der Waals surface area contributed by atoms with E-state index in [1.807, 2.05) is 18.2 Å². The lowest BCUT2D eigenvalue weighted by Gasteiger charge is -2.28. The maximum absolute atomic E-state index is 12.4. The monoisotopic (exact) mass is 375 g/mol. The van der Waals surface area contributed by atoms with Gasteiger partial charge in [-0.05, 0) is 31.0 Å². The molecule has 1 fully saturated rings. The Bertz CT molecular complexity index is 687. The first kappa shape index (κ1) is 20.0. The minimum atomic E-state index is -0.262. The van der Waals surface area contributed by atoms with E-state index in [4.69, 9.17) is 17.3 Å². The van der Waals surface area contributed by atoms with E-state index in [1.54, 1.807) is 12.1 Å². The molecular weight excluding hydrogens is 357 g/mol. The molecule has 7 heteroatoms. The predicted octanol–water partition coefficient (Wildman–Crippen LogP) is 3.73. The van der Waals surface area contributed by atoms with Crippen molar-refractivity contribution in [2.75, 3.05) is 6.54 Å². The van der Waals surface area contributed by atoms with Gasteiger partial charge in [0.05, 0.1) is 11.1 Å². The van der Waals surface area contributed by atoms with Gasteiger partial charge in [0.15, 0.2) is 0 Å². The lowest BCUT2D eigenvalue weighted by Crippen LogP contribution is -2.51. The van der Waals surface area contributed by atoms with Crippen LogP contribution in [-0.4, -0.2) is 23.0 Å². The number of nitrogens with two attached hydrogens (primary N) is 1. The summed E-state index contributed by atoms with van der Waals surface area (Å²) < 4.78 is 0. The van der Waals surface area contributed by atoms with Crippen molar-refractivity contribution in [1.82, 2.24) is 10.3 Å². The van der Waals surface area contributed by atoms with Crippen molar-refractivity contribution in [3.8, 4) is 0 Å². The molecule has 1 amide bonds. The van der Waals surface area contributed by atoms with E-state index >= 15 is 0 Å². The van der Waals surface area contributed by atoms with Gasteiger partial charge in [-0.2, -0.15) is 0 Å². The number of halogens is 3. The number of hydrogen-bond acceptors (Lipinski definition) is 3. The highest BCUT2D eigenvalue weighted by Crippen LogP contribution is 2.29. The van der Waals surface area contributed by atoms with Crippen LogP contribution in [0.4, 0.5) is 0 Å². The van der Waals surface area contributed by atoms with Crippen LogP contribution in [0.2, 0.25) is 5.02 Å². The summed E-state index contributed by atoms with van der Waals surface area (Å²) in [5.41, 5.74) is 6.72. The lowest BCUT2D eigenvalue weighted by atomic mass is 9.97. The van der Waals surface area contributed by atoms with Crippen LogP contribution in [0.3, 0.4) is 0 Å². The van der Waals surface area contributed by atoms with Gasteiger partial charge in [0.1, 0.15) is 5.69 Å². The molecule has 0 aliphatic heterocycles. The maximum atomic E-state index is 12.4. The van der Waals surface area contributed by atoms with Crippen molar-refractivity contribution in [2.24, 2.45) is 5.73 Å². The number of benzene rings is 1. The fourth-order valence-corrected chi connectivity index (χ4v) is 3.12. The van der Waals surface area contributed by atoms with Crippen LogP contribution in [0.1, 0.15) is 36.2 Å². The molecule has 3 N–H and O–H groups in total. The highest BCUT2D eigenvalue weighted by molar-refractivity contribution is 6.31. The second-order valence-corrected chi connectivity index (χ2v) is 6.12. The van der Waals surface area contributed by atoms with Crippen LogP contribution in [-0.2, 0) is 0 Å². The van der Waals surface area contributed by atoms with E-state index in [0.29, 0.717) is 17.3 Å². The zero-order valence-electron chi connectivity index (χ0n) is 12.5. The van der Waals surface area contributed by atoms with Gasteiger partial charge in [0, 0.05) is 17.0 Å². The summed E-state index contributed by atoms with van der Waals surface area (Å²) in [5.74, 6) is -0.163. The molecule has 1 aliphatic rings. The number of carbonyl (C=O) groups excluding carboxylic acids is 1. The molecule has 0 saturated heterocycles. The highest BCUT2D eigenvalue weighted by atomic mass is 35.5. The molecular formula is C16H20Cl3N3O. The quantitative estimate of drug-likeness (QED) is 0.857. The molecule has 1 aromatic heterocycles. The Morgan fingerprint density at radius 3 is 2.52 bits per heavy atom. The summed E-state index contributed by atoms with van der Waals surface area (Å²) >= 11 is 5.98. The largest absolute Gasteiger partial charge is 0.344 e. The molecule has 0 atom stereocenters. The number of nitrogens with zero attached hydrogens (tertiary/aromatic N) is 1. The van der Waals surface area contributed by atoms with Crippen molar-refractivity contribution in [1.29, 1.82) is 0 Å². The topological polar surface area (TPSA) is 68.0 Å². The van der Waals surface area contributed by atoms with E-state index in [9.17, 15) is 4.79 Å². The minimum absolute atomic E-state index is 0. The SMILES string of the molecule is Cl.Cl.NCC1(NC(=O)c2ccc3ccc(Cl)cc3n2)CCCC1. The number of amides is 1. The summed E-state index contributed by atoms with van der Waals surface area (Å²) in [6.07, 6.45) is 4.10. The van der Waals surface area contributed by atoms with Gasteiger partial charge in [-0.3, -0.25) is 4.79 Å². The van der Waals surface area contributed by atoms with Crippen LogP contribution in [0.5, 0.6) is 0 Å². The zero-order chi connectivity index (χ0) is 14.9. The Morgan fingerprint density at radius 2 is 1.87 bits per heavy atom. The normalized spacial score (nSPS) is 15.6. The maximum Gasteiger partial charge on any atom is 0.270 e. The van der Waals surface area contributed by atoms with E-state index in [-0.39, 0.29) is 36.3 Å². The minimum Gasteiger partial charge on any atom is -0.344 e. The van der Waals surface area contributed by atoms with Crippen molar-refractivity contribution in [3.63, 3.8) is 0 Å². The van der Waals surface area contributed by atoms with E-state index in [2.05, 4.69) is 10.3 Å². The average Bonchev–Trinajstić information content (AvgIpc) is 2.95. The standard InChI is InChI=1S/C16H18ClN3O.2ClH/c17-12-5-3-11-4-6-13(19-14(11)9-12)15(21)20-16(10-18)7-1-2-8-16;;/h3-6,9H,1-2,7-8,10,18H2,(H,20,21);2*1H. The number of nitrogens with one attached hydrogen (secondary N) is 1. The van der Waals surface area contributed by atoms with Crippen molar-refractivity contribution in [2.45, 2.75) is 31.2 Å². The predicted molar refractivity (Wildman–Crippen MR) is 99.0 cm³/mol. The average molecular weight is 377 g/mol. The summed E-state index contributed by atoms with van der Waals surface area (Å²) in [5, 5.41) is 4.65. The molecule has 1 heterocycles. The fourth-order valence-electron chi connectivity index (χ4n) is 2.95. The molecule has 0 unspecified atom stereocenters. The van der Waals surface area contributed by atoms with Crippen molar-refractivity contribution in [3.05, 3.63) is 41.0 Å². The third-order valence-electron chi connectivity index (χ3n) is 4.22. The van der Waals surface area contributed by atoms with Crippen LogP contribution in [0.25, 0.3) is 10.9 Å². The third-order valence-corrected chi connectivity index (χ3v) is 4.45. The molecule has 1 saturated carbocycles. The first-order valence-electron chi connectivity index (χ1n) is 7.21. The third kappa shape index (κ3) is 4.27. The Hall–Kier alpha value is -1.07. The van der Waals surface area contributed by atoms with Crippen molar-refractivity contribution >= 4 is 53.2 Å². The second-order valence-electron chi connectivity index (χ2n) is 5.68. The van der Waals surface area contributed by atoms with E-state index < -0.39 is 0 Å². The van der Waals surface area contributed by atoms with Gasteiger partial charge < -0.3 is 11.1 Å². The molecule has 23 heavy (non-hydrogen) atoms. The Balaban J connectivity index is 0.00000132. The summed E-state index contributed by atoms with van der Waals surface area (Å²) in [4.78, 5) is 16.8. The molecule has 2 aromatic rings. The van der Waals surface area contributed by atoms with Gasteiger partial charge in [-0.1, -0.05) is 36.6 Å². The summed E-state index contributed by atoms with van der Waals surface area (Å²) in [7, 11) is 0. The van der Waals surface area contributed by atoms with E-state index in [0.717, 1.165) is 36.6 Å². The fraction of sp³-hybridized carbons (Fsp3) is 0.375. The molecule has 1 aliphatic carbocycles. The van der Waals surface area contributed by atoms with E-state index in [1.165, 1.54) is 0 Å². The van der Waals surface area contributed by atoms with Gasteiger partial charge in [0.25, 0.3) is 5.91 Å². The van der Waals surface area contributed by atoms with Crippen molar-refractivity contribution < 1.29 is 4.79 Å². The van der Waals surface area contributed by atoms with Gasteiger partial charge in [0.2, 0.25) is 0 Å². The Labute approximate surface area is 153 Å². The van der Waals surface area contributed by atoms with Crippen LogP contribution < -0.4 is 11.1 Å². The van der Waals surface area contributed by atoms with Gasteiger partial charge >= 0.3 is 0 Å². The molecule has 0 radical (unpaired) electrons. The smallest absolute Gasteiger partial charge is 0.270 e. The zero-order valence-corrected chi connectivity index (χ0v) is 14.9. The van der Waals surface area contributed by atoms with Gasteiger partial charge in [-0.25, -0.2) is 4.98 Å². The number of fused-ring (bicyclic) bond motifs is 1. The number of pyridine rings is 1. The summed E-state index contributed by atoms with van der Waals surface area (Å²) in [6, 6.07) is 9.10. The Morgan fingerprint density at radius 1 is 1.22 bits per heavy atom. The number of carbonyl (C=O) groups is 1. The van der Waals surface area contributed by atoms with Gasteiger partial charge in [-0.15, -0.1) is 24.8 Å². The molecule has 4 nitrogen and oxygen atoms in total. The number of rotatable bonds is 3. The Kier molecular flexibility index (Phi) is 7.08. The molecule has 1 aromatic carbocycles.